The zero-order chi connectivity index (χ0) is 19.6. The van der Waals surface area contributed by atoms with Gasteiger partial charge in [-0.2, -0.15) is 13.2 Å². The van der Waals surface area contributed by atoms with Gasteiger partial charge in [0, 0.05) is 11.1 Å². The number of methoxy groups -OCH3 is 1. The maximum absolute atomic E-state index is 13.7. The Bertz CT molecular complexity index is 1040. The van der Waals surface area contributed by atoms with Crippen molar-refractivity contribution in [2.75, 3.05) is 7.11 Å². The van der Waals surface area contributed by atoms with E-state index in [1.54, 1.807) is 37.4 Å². The smallest absolute Gasteiger partial charge is 0.416 e. The summed E-state index contributed by atoms with van der Waals surface area (Å²) in [5, 5.41) is 1.68. The number of hydrogen-bond donors (Lipinski definition) is 0. The molecule has 3 rings (SSSR count). The molecule has 0 unspecified atom stereocenters. The topological polar surface area (TPSA) is 26.3 Å². The first-order chi connectivity index (χ1) is 12.8. The normalized spacial score (nSPS) is 11.9. The number of fused-ring (bicyclic) bond motifs is 1. The molecular formula is C21H14F4O2. The van der Waals surface area contributed by atoms with Gasteiger partial charge < -0.3 is 4.74 Å². The van der Waals surface area contributed by atoms with Crippen molar-refractivity contribution in [2.24, 2.45) is 0 Å². The fourth-order valence-corrected chi connectivity index (χ4v) is 2.61. The Hall–Kier alpha value is -3.15. The summed E-state index contributed by atoms with van der Waals surface area (Å²) in [6.45, 7) is 0. The first-order valence-electron chi connectivity index (χ1n) is 7.95. The van der Waals surface area contributed by atoms with Gasteiger partial charge in [-0.05, 0) is 59.3 Å². The van der Waals surface area contributed by atoms with Crippen molar-refractivity contribution in [3.63, 3.8) is 0 Å². The lowest BCUT2D eigenvalue weighted by atomic mass is 10.0. The average molecular weight is 374 g/mol. The summed E-state index contributed by atoms with van der Waals surface area (Å²) in [4.78, 5) is 12.3. The minimum Gasteiger partial charge on any atom is -0.497 e. The second-order valence-corrected chi connectivity index (χ2v) is 5.86. The van der Waals surface area contributed by atoms with Crippen LogP contribution in [0.1, 0.15) is 21.5 Å². The number of hydrogen-bond acceptors (Lipinski definition) is 2. The summed E-state index contributed by atoms with van der Waals surface area (Å²) in [5.41, 5.74) is -0.935. The van der Waals surface area contributed by atoms with Gasteiger partial charge in [0.25, 0.3) is 0 Å². The van der Waals surface area contributed by atoms with Crippen molar-refractivity contribution < 1.29 is 27.1 Å². The lowest BCUT2D eigenvalue weighted by Gasteiger charge is -2.07. The van der Waals surface area contributed by atoms with Gasteiger partial charge in [-0.15, -0.1) is 0 Å². The zero-order valence-electron chi connectivity index (χ0n) is 14.2. The Morgan fingerprint density at radius 2 is 1.67 bits per heavy atom. The van der Waals surface area contributed by atoms with E-state index < -0.39 is 23.3 Å². The third-order valence-corrected chi connectivity index (χ3v) is 4.07. The Morgan fingerprint density at radius 3 is 2.37 bits per heavy atom. The van der Waals surface area contributed by atoms with Crippen molar-refractivity contribution in [2.45, 2.75) is 6.18 Å². The molecule has 6 heteroatoms. The van der Waals surface area contributed by atoms with Crippen LogP contribution in [0, 0.1) is 5.82 Å². The van der Waals surface area contributed by atoms with Crippen LogP contribution in [0.5, 0.6) is 5.75 Å². The molecule has 0 aliphatic heterocycles. The van der Waals surface area contributed by atoms with Gasteiger partial charge in [0.05, 0.1) is 12.7 Å². The number of allylic oxidation sites excluding steroid dienone is 1. The average Bonchev–Trinajstić information content (AvgIpc) is 2.65. The maximum atomic E-state index is 13.7. The Kier molecular flexibility index (Phi) is 4.99. The fourth-order valence-electron chi connectivity index (χ4n) is 2.61. The number of rotatable bonds is 4. The summed E-state index contributed by atoms with van der Waals surface area (Å²) >= 11 is 0. The molecular weight excluding hydrogens is 360 g/mol. The van der Waals surface area contributed by atoms with Crippen molar-refractivity contribution in [1.29, 1.82) is 0 Å². The minimum absolute atomic E-state index is 0.302. The first-order valence-corrected chi connectivity index (χ1v) is 7.95. The van der Waals surface area contributed by atoms with E-state index in [-0.39, 0.29) is 5.56 Å². The van der Waals surface area contributed by atoms with Crippen molar-refractivity contribution in [3.05, 3.63) is 83.2 Å². The second kappa shape index (κ2) is 7.23. The molecule has 27 heavy (non-hydrogen) atoms. The molecule has 0 aliphatic carbocycles. The van der Waals surface area contributed by atoms with E-state index in [0.29, 0.717) is 23.4 Å². The highest BCUT2D eigenvalue weighted by atomic mass is 19.4. The molecule has 0 amide bonds. The molecule has 2 nitrogen and oxygen atoms in total. The SMILES string of the molecule is COc1ccc2cc(C(=O)C=Cc3cc(C(F)(F)F)ccc3F)ccc2c1. The molecule has 0 radical (unpaired) electrons. The van der Waals surface area contributed by atoms with Crippen LogP contribution in [-0.2, 0) is 6.18 Å². The van der Waals surface area contributed by atoms with E-state index in [9.17, 15) is 22.4 Å². The van der Waals surface area contributed by atoms with Crippen LogP contribution in [0.3, 0.4) is 0 Å². The molecule has 0 aliphatic rings. The number of carbonyl (C=O) groups is 1. The standard InChI is InChI=1S/C21H14F4O2/c1-27-18-7-4-13-10-16(3-2-14(13)12-18)20(26)9-5-15-11-17(21(23,24)25)6-8-19(15)22/h2-12H,1H3. The number of ether oxygens (including phenoxy) is 1. The van der Waals surface area contributed by atoms with Crippen LogP contribution >= 0.6 is 0 Å². The number of benzene rings is 3. The third-order valence-electron chi connectivity index (χ3n) is 4.07. The van der Waals surface area contributed by atoms with Crippen LogP contribution in [-0.4, -0.2) is 12.9 Å². The lowest BCUT2D eigenvalue weighted by Crippen LogP contribution is -2.05. The molecule has 0 bridgehead atoms. The van der Waals surface area contributed by atoms with Gasteiger partial charge in [0.15, 0.2) is 5.78 Å². The van der Waals surface area contributed by atoms with Gasteiger partial charge >= 0.3 is 6.18 Å². The highest BCUT2D eigenvalue weighted by Crippen LogP contribution is 2.30. The van der Waals surface area contributed by atoms with E-state index in [4.69, 9.17) is 4.74 Å². The van der Waals surface area contributed by atoms with Gasteiger partial charge in [-0.1, -0.05) is 18.2 Å². The quantitative estimate of drug-likeness (QED) is 0.323. The molecule has 3 aromatic carbocycles. The first kappa shape index (κ1) is 18.6. The molecule has 0 fully saturated rings. The van der Waals surface area contributed by atoms with Crippen LogP contribution in [0.4, 0.5) is 17.6 Å². The third kappa shape index (κ3) is 4.16. The highest BCUT2D eigenvalue weighted by molar-refractivity contribution is 6.08. The predicted molar refractivity (Wildman–Crippen MR) is 95.3 cm³/mol. The molecule has 0 saturated heterocycles. The molecule has 0 aromatic heterocycles. The molecule has 0 atom stereocenters. The Balaban J connectivity index is 1.88. The molecule has 0 saturated carbocycles. The number of alkyl halides is 3. The summed E-state index contributed by atoms with van der Waals surface area (Å²) in [7, 11) is 1.55. The van der Waals surface area contributed by atoms with E-state index in [1.165, 1.54) is 0 Å². The van der Waals surface area contributed by atoms with Crippen molar-refractivity contribution in [1.82, 2.24) is 0 Å². The van der Waals surface area contributed by atoms with E-state index in [2.05, 4.69) is 0 Å². The van der Waals surface area contributed by atoms with Crippen LogP contribution in [0.15, 0.2) is 60.7 Å². The van der Waals surface area contributed by atoms with Gasteiger partial charge in [0.1, 0.15) is 11.6 Å². The summed E-state index contributed by atoms with van der Waals surface area (Å²) in [6.07, 6.45) is -2.48. The largest absolute Gasteiger partial charge is 0.497 e. The molecule has 3 aromatic rings. The van der Waals surface area contributed by atoms with Crippen molar-refractivity contribution in [3.8, 4) is 5.75 Å². The fraction of sp³-hybridized carbons (Fsp3) is 0.0952. The van der Waals surface area contributed by atoms with E-state index >= 15 is 0 Å². The van der Waals surface area contributed by atoms with Crippen molar-refractivity contribution >= 4 is 22.6 Å². The summed E-state index contributed by atoms with van der Waals surface area (Å²) in [5.74, 6) is -0.594. The van der Waals surface area contributed by atoms with E-state index in [1.807, 2.05) is 6.07 Å². The predicted octanol–water partition coefficient (Wildman–Crippen LogP) is 5.90. The molecule has 138 valence electrons. The van der Waals surface area contributed by atoms with Crippen LogP contribution in [0.25, 0.3) is 16.8 Å². The molecule has 0 N–H and O–H groups in total. The zero-order valence-corrected chi connectivity index (χ0v) is 14.2. The van der Waals surface area contributed by atoms with Crippen LogP contribution < -0.4 is 4.74 Å². The van der Waals surface area contributed by atoms with Crippen LogP contribution in [0.2, 0.25) is 0 Å². The van der Waals surface area contributed by atoms with Gasteiger partial charge in [-0.3, -0.25) is 4.79 Å². The Labute approximate surface area is 152 Å². The number of carbonyl (C=O) groups excluding carboxylic acids is 1. The maximum Gasteiger partial charge on any atom is 0.416 e. The Morgan fingerprint density at radius 1 is 0.963 bits per heavy atom. The summed E-state index contributed by atoms with van der Waals surface area (Å²) in [6, 6.07) is 12.4. The minimum atomic E-state index is -4.58. The highest BCUT2D eigenvalue weighted by Gasteiger charge is 2.30. The number of ketones is 1. The monoisotopic (exact) mass is 374 g/mol. The van der Waals surface area contributed by atoms with Gasteiger partial charge in [-0.25, -0.2) is 4.39 Å². The lowest BCUT2D eigenvalue weighted by molar-refractivity contribution is -0.137. The molecule has 0 spiro atoms. The van der Waals surface area contributed by atoms with E-state index in [0.717, 1.165) is 29.0 Å². The summed E-state index contributed by atoms with van der Waals surface area (Å²) < 4.78 is 57.1. The second-order valence-electron chi connectivity index (χ2n) is 5.86. The number of halogens is 4. The molecule has 0 heterocycles. The van der Waals surface area contributed by atoms with Gasteiger partial charge in [0.2, 0.25) is 0 Å².